The van der Waals surface area contributed by atoms with Crippen molar-refractivity contribution in [3.05, 3.63) is 34.6 Å². The van der Waals surface area contributed by atoms with Gasteiger partial charge < -0.3 is 5.32 Å². The number of hydrogen-bond donors (Lipinski definition) is 1. The molecule has 1 saturated carbocycles. The Balaban J connectivity index is 2.07. The molecule has 1 aromatic carbocycles. The van der Waals surface area contributed by atoms with Gasteiger partial charge in [0.25, 0.3) is 0 Å². The number of halogens is 2. The summed E-state index contributed by atoms with van der Waals surface area (Å²) in [5.74, 6) is 0.218. The lowest BCUT2D eigenvalue weighted by Crippen LogP contribution is -2.38. The zero-order valence-corrected chi connectivity index (χ0v) is 12.7. The van der Waals surface area contributed by atoms with Crippen LogP contribution in [-0.4, -0.2) is 12.6 Å². The Bertz CT molecular complexity index is 442. The van der Waals surface area contributed by atoms with E-state index in [1.165, 1.54) is 18.9 Å². The summed E-state index contributed by atoms with van der Waals surface area (Å²) in [5, 5.41) is 3.84. The molecule has 1 nitrogen and oxygen atoms in total. The molecule has 0 aromatic heterocycles. The molecule has 0 heterocycles. The molecule has 0 amide bonds. The van der Waals surface area contributed by atoms with E-state index in [-0.39, 0.29) is 16.3 Å². The van der Waals surface area contributed by atoms with E-state index in [4.69, 9.17) is 11.6 Å². The molecule has 0 bridgehead atoms. The van der Waals surface area contributed by atoms with Crippen molar-refractivity contribution in [2.75, 3.05) is 6.54 Å². The lowest BCUT2D eigenvalue weighted by atomic mass is 9.74. The van der Waals surface area contributed by atoms with Gasteiger partial charge in [0.2, 0.25) is 0 Å². The van der Waals surface area contributed by atoms with Gasteiger partial charge in [-0.1, -0.05) is 38.4 Å². The van der Waals surface area contributed by atoms with Crippen molar-refractivity contribution in [1.82, 2.24) is 5.32 Å². The zero-order valence-electron chi connectivity index (χ0n) is 12.0. The van der Waals surface area contributed by atoms with Crippen LogP contribution in [0.25, 0.3) is 0 Å². The first-order chi connectivity index (χ1) is 8.90. The molecule has 106 valence electrons. The Labute approximate surface area is 120 Å². The standard InChI is InChI=1S/C16H23ClFN/c1-11(2)16(3,10-19-13-5-6-13)9-12-4-7-15(18)14(17)8-12/h4,7-8,11,13,19H,5-6,9-10H2,1-3H3. The Morgan fingerprint density at radius 1 is 1.42 bits per heavy atom. The highest BCUT2D eigenvalue weighted by Crippen LogP contribution is 2.33. The molecule has 0 radical (unpaired) electrons. The molecule has 1 aliphatic rings. The SMILES string of the molecule is CC(C)C(C)(CNC1CC1)Cc1ccc(F)c(Cl)c1. The second-order valence-electron chi connectivity index (χ2n) is 6.39. The van der Waals surface area contributed by atoms with Gasteiger partial charge in [-0.3, -0.25) is 0 Å². The van der Waals surface area contributed by atoms with E-state index < -0.39 is 0 Å². The van der Waals surface area contributed by atoms with E-state index >= 15 is 0 Å². The average molecular weight is 284 g/mol. The van der Waals surface area contributed by atoms with Crippen LogP contribution in [0.1, 0.15) is 39.2 Å². The first kappa shape index (κ1) is 14.8. The van der Waals surface area contributed by atoms with Gasteiger partial charge in [-0.05, 0) is 48.3 Å². The van der Waals surface area contributed by atoms with E-state index in [1.807, 2.05) is 6.07 Å². The Morgan fingerprint density at radius 3 is 2.63 bits per heavy atom. The minimum Gasteiger partial charge on any atom is -0.313 e. The van der Waals surface area contributed by atoms with Crippen molar-refractivity contribution in [2.45, 2.75) is 46.1 Å². The van der Waals surface area contributed by atoms with Crippen LogP contribution in [-0.2, 0) is 6.42 Å². The molecule has 19 heavy (non-hydrogen) atoms. The van der Waals surface area contributed by atoms with Crippen molar-refractivity contribution in [3.63, 3.8) is 0 Å². The molecule has 1 aliphatic carbocycles. The number of hydrogen-bond acceptors (Lipinski definition) is 1. The summed E-state index contributed by atoms with van der Waals surface area (Å²) in [4.78, 5) is 0. The Kier molecular flexibility index (Phi) is 4.52. The van der Waals surface area contributed by atoms with Crippen LogP contribution in [0, 0.1) is 17.2 Å². The first-order valence-electron chi connectivity index (χ1n) is 7.08. The molecular weight excluding hydrogens is 261 g/mol. The second-order valence-corrected chi connectivity index (χ2v) is 6.80. The molecule has 0 spiro atoms. The maximum atomic E-state index is 13.2. The van der Waals surface area contributed by atoms with Gasteiger partial charge in [-0.15, -0.1) is 0 Å². The van der Waals surface area contributed by atoms with Crippen LogP contribution in [0.3, 0.4) is 0 Å². The maximum absolute atomic E-state index is 13.2. The fourth-order valence-electron chi connectivity index (χ4n) is 2.25. The number of nitrogens with one attached hydrogen (secondary N) is 1. The van der Waals surface area contributed by atoms with Crippen LogP contribution in [0.5, 0.6) is 0 Å². The van der Waals surface area contributed by atoms with Crippen LogP contribution in [0.4, 0.5) is 4.39 Å². The fourth-order valence-corrected chi connectivity index (χ4v) is 2.45. The van der Waals surface area contributed by atoms with E-state index in [0.717, 1.165) is 24.6 Å². The first-order valence-corrected chi connectivity index (χ1v) is 7.46. The van der Waals surface area contributed by atoms with E-state index in [1.54, 1.807) is 6.07 Å². The van der Waals surface area contributed by atoms with Crippen LogP contribution in [0.15, 0.2) is 18.2 Å². The Morgan fingerprint density at radius 2 is 2.11 bits per heavy atom. The van der Waals surface area contributed by atoms with Gasteiger partial charge in [-0.2, -0.15) is 0 Å². The molecule has 3 heteroatoms. The van der Waals surface area contributed by atoms with Gasteiger partial charge in [0.1, 0.15) is 5.82 Å². The molecular formula is C16H23ClFN. The highest BCUT2D eigenvalue weighted by atomic mass is 35.5. The predicted molar refractivity (Wildman–Crippen MR) is 79.1 cm³/mol. The molecule has 2 rings (SSSR count). The molecule has 1 fully saturated rings. The monoisotopic (exact) mass is 283 g/mol. The summed E-state index contributed by atoms with van der Waals surface area (Å²) in [6.07, 6.45) is 3.53. The Hall–Kier alpha value is -0.600. The average Bonchev–Trinajstić information content (AvgIpc) is 3.15. The van der Waals surface area contributed by atoms with E-state index in [9.17, 15) is 4.39 Å². The largest absolute Gasteiger partial charge is 0.313 e. The smallest absolute Gasteiger partial charge is 0.141 e. The number of rotatable bonds is 6. The maximum Gasteiger partial charge on any atom is 0.141 e. The van der Waals surface area contributed by atoms with Crippen LogP contribution >= 0.6 is 11.6 Å². The van der Waals surface area contributed by atoms with E-state index in [0.29, 0.717) is 5.92 Å². The molecule has 1 atom stereocenters. The van der Waals surface area contributed by atoms with Crippen LogP contribution < -0.4 is 5.32 Å². The molecule has 1 aromatic rings. The summed E-state index contributed by atoms with van der Waals surface area (Å²) in [6.45, 7) is 7.80. The van der Waals surface area contributed by atoms with Gasteiger partial charge in [0.05, 0.1) is 5.02 Å². The molecule has 0 saturated heterocycles. The summed E-state index contributed by atoms with van der Waals surface area (Å²) in [7, 11) is 0. The lowest BCUT2D eigenvalue weighted by molar-refractivity contribution is 0.206. The third-order valence-corrected chi connectivity index (χ3v) is 4.65. The van der Waals surface area contributed by atoms with Crippen molar-refractivity contribution < 1.29 is 4.39 Å². The predicted octanol–water partition coefficient (Wildman–Crippen LogP) is 4.44. The van der Waals surface area contributed by atoms with Crippen LogP contribution in [0.2, 0.25) is 5.02 Å². The zero-order chi connectivity index (χ0) is 14.0. The summed E-state index contributed by atoms with van der Waals surface area (Å²) >= 11 is 5.87. The molecule has 1 N–H and O–H groups in total. The highest BCUT2D eigenvalue weighted by molar-refractivity contribution is 6.30. The lowest BCUT2D eigenvalue weighted by Gasteiger charge is -2.34. The third kappa shape index (κ3) is 3.93. The van der Waals surface area contributed by atoms with Crippen molar-refractivity contribution in [1.29, 1.82) is 0 Å². The van der Waals surface area contributed by atoms with Gasteiger partial charge in [0, 0.05) is 12.6 Å². The summed E-state index contributed by atoms with van der Waals surface area (Å²) in [6, 6.07) is 5.79. The molecule has 0 aliphatic heterocycles. The van der Waals surface area contributed by atoms with Gasteiger partial charge in [-0.25, -0.2) is 4.39 Å². The minimum atomic E-state index is -0.340. The van der Waals surface area contributed by atoms with Gasteiger partial charge >= 0.3 is 0 Å². The second kappa shape index (κ2) is 5.80. The summed E-state index contributed by atoms with van der Waals surface area (Å²) in [5.41, 5.74) is 1.28. The normalized spacial score (nSPS) is 18.6. The molecule has 1 unspecified atom stereocenters. The van der Waals surface area contributed by atoms with Gasteiger partial charge in [0.15, 0.2) is 0 Å². The topological polar surface area (TPSA) is 12.0 Å². The highest BCUT2D eigenvalue weighted by Gasteiger charge is 2.31. The summed E-state index contributed by atoms with van der Waals surface area (Å²) < 4.78 is 13.2. The van der Waals surface area contributed by atoms with Crippen molar-refractivity contribution >= 4 is 11.6 Å². The van der Waals surface area contributed by atoms with Crippen molar-refractivity contribution in [3.8, 4) is 0 Å². The van der Waals surface area contributed by atoms with E-state index in [2.05, 4.69) is 26.1 Å². The van der Waals surface area contributed by atoms with Crippen molar-refractivity contribution in [2.24, 2.45) is 11.3 Å². The minimum absolute atomic E-state index is 0.170. The fraction of sp³-hybridized carbons (Fsp3) is 0.625. The quantitative estimate of drug-likeness (QED) is 0.814. The third-order valence-electron chi connectivity index (χ3n) is 4.36. The number of benzene rings is 1.